The highest BCUT2D eigenvalue weighted by atomic mass is 16.1. The molecule has 0 aromatic heterocycles. The van der Waals surface area contributed by atoms with E-state index in [1.165, 1.54) is 64.2 Å². The molecule has 0 bridgehead atoms. The monoisotopic (exact) mass is 269 g/mol. The van der Waals surface area contributed by atoms with Crippen LogP contribution in [-0.2, 0) is 4.79 Å². The fourth-order valence-electron chi connectivity index (χ4n) is 2.32. The zero-order chi connectivity index (χ0) is 14.4. The number of rotatable bonds is 14. The molecule has 2 heteroatoms. The molecule has 19 heavy (non-hydrogen) atoms. The van der Waals surface area contributed by atoms with E-state index >= 15 is 0 Å². The average molecular weight is 269 g/mol. The molecule has 0 aromatic rings. The standard InChI is InChI=1S/C17H35NO/c1-4-5-6-7-8-9-10-11-12-13-15-18-17(2,3)14-16-19/h16,18H,4-15H2,1-3H3. The fraction of sp³-hybridized carbons (Fsp3) is 0.941. The molecule has 0 amide bonds. The van der Waals surface area contributed by atoms with Crippen molar-refractivity contribution in [2.45, 2.75) is 96.9 Å². The van der Waals surface area contributed by atoms with E-state index in [1.807, 2.05) is 0 Å². The highest BCUT2D eigenvalue weighted by Gasteiger charge is 2.14. The Hall–Kier alpha value is -0.370. The lowest BCUT2D eigenvalue weighted by Crippen LogP contribution is -2.40. The normalized spacial score (nSPS) is 11.7. The van der Waals surface area contributed by atoms with E-state index in [2.05, 4.69) is 26.1 Å². The lowest BCUT2D eigenvalue weighted by molar-refractivity contribution is -0.108. The quantitative estimate of drug-likeness (QED) is 0.360. The first-order valence-corrected chi connectivity index (χ1v) is 8.31. The maximum absolute atomic E-state index is 10.5. The zero-order valence-electron chi connectivity index (χ0n) is 13.5. The van der Waals surface area contributed by atoms with Crippen molar-refractivity contribution in [3.63, 3.8) is 0 Å². The summed E-state index contributed by atoms with van der Waals surface area (Å²) in [5.41, 5.74) is -0.0268. The van der Waals surface area contributed by atoms with Crippen LogP contribution in [0.2, 0.25) is 0 Å². The predicted octanol–water partition coefficient (Wildman–Crippen LogP) is 4.86. The number of hydrogen-bond donors (Lipinski definition) is 1. The van der Waals surface area contributed by atoms with Gasteiger partial charge in [0.05, 0.1) is 0 Å². The zero-order valence-corrected chi connectivity index (χ0v) is 13.5. The van der Waals surface area contributed by atoms with Crippen molar-refractivity contribution >= 4 is 6.29 Å². The summed E-state index contributed by atoms with van der Waals surface area (Å²) in [4.78, 5) is 10.5. The topological polar surface area (TPSA) is 29.1 Å². The first-order valence-electron chi connectivity index (χ1n) is 8.31. The van der Waals surface area contributed by atoms with Crippen LogP contribution in [-0.4, -0.2) is 18.4 Å². The molecule has 0 rings (SSSR count). The minimum atomic E-state index is -0.0268. The molecular weight excluding hydrogens is 234 g/mol. The Morgan fingerprint density at radius 1 is 0.842 bits per heavy atom. The van der Waals surface area contributed by atoms with Gasteiger partial charge in [0.2, 0.25) is 0 Å². The fourth-order valence-corrected chi connectivity index (χ4v) is 2.32. The molecular formula is C17H35NO. The molecule has 0 aliphatic carbocycles. The van der Waals surface area contributed by atoms with Crippen molar-refractivity contribution in [3.05, 3.63) is 0 Å². The Kier molecular flexibility index (Phi) is 12.4. The van der Waals surface area contributed by atoms with E-state index in [4.69, 9.17) is 0 Å². The lowest BCUT2D eigenvalue weighted by atomic mass is 10.0. The second kappa shape index (κ2) is 12.7. The highest BCUT2D eigenvalue weighted by Crippen LogP contribution is 2.11. The largest absolute Gasteiger partial charge is 0.311 e. The average Bonchev–Trinajstić information content (AvgIpc) is 2.36. The van der Waals surface area contributed by atoms with Crippen molar-refractivity contribution in [1.82, 2.24) is 5.32 Å². The van der Waals surface area contributed by atoms with Crippen molar-refractivity contribution in [2.75, 3.05) is 6.54 Å². The summed E-state index contributed by atoms with van der Waals surface area (Å²) in [5, 5.41) is 3.45. The van der Waals surface area contributed by atoms with Gasteiger partial charge in [-0.05, 0) is 26.8 Å². The summed E-state index contributed by atoms with van der Waals surface area (Å²) in [6.07, 6.45) is 15.3. The molecule has 1 N–H and O–H groups in total. The number of unbranched alkanes of at least 4 members (excludes halogenated alkanes) is 9. The highest BCUT2D eigenvalue weighted by molar-refractivity contribution is 5.51. The van der Waals surface area contributed by atoms with Crippen LogP contribution in [0.1, 0.15) is 91.4 Å². The first kappa shape index (κ1) is 18.6. The summed E-state index contributed by atoms with van der Waals surface area (Å²) in [6, 6.07) is 0. The summed E-state index contributed by atoms with van der Waals surface area (Å²) in [6.45, 7) is 7.50. The SMILES string of the molecule is CCCCCCCCCCCCNC(C)(C)CC=O. The van der Waals surface area contributed by atoms with Crippen molar-refractivity contribution in [2.24, 2.45) is 0 Å². The van der Waals surface area contributed by atoms with Crippen molar-refractivity contribution in [1.29, 1.82) is 0 Å². The van der Waals surface area contributed by atoms with E-state index in [0.717, 1.165) is 12.8 Å². The Balaban J connectivity index is 3.16. The van der Waals surface area contributed by atoms with Crippen LogP contribution in [0.25, 0.3) is 0 Å². The second-order valence-corrected chi connectivity index (χ2v) is 6.36. The van der Waals surface area contributed by atoms with E-state index in [9.17, 15) is 4.79 Å². The molecule has 0 aromatic carbocycles. The van der Waals surface area contributed by atoms with Crippen LogP contribution in [0.4, 0.5) is 0 Å². The van der Waals surface area contributed by atoms with E-state index in [1.54, 1.807) is 0 Å². The number of carbonyl (C=O) groups excluding carboxylic acids is 1. The number of hydrogen-bond acceptors (Lipinski definition) is 2. The smallest absolute Gasteiger partial charge is 0.121 e. The molecule has 0 aliphatic rings. The summed E-state index contributed by atoms with van der Waals surface area (Å²) < 4.78 is 0. The van der Waals surface area contributed by atoms with Crippen molar-refractivity contribution in [3.8, 4) is 0 Å². The van der Waals surface area contributed by atoms with Gasteiger partial charge in [-0.3, -0.25) is 0 Å². The molecule has 0 saturated carbocycles. The van der Waals surface area contributed by atoms with E-state index in [-0.39, 0.29) is 5.54 Å². The maximum atomic E-state index is 10.5. The number of aldehydes is 1. The number of nitrogens with one attached hydrogen (secondary N) is 1. The lowest BCUT2D eigenvalue weighted by Gasteiger charge is -2.23. The molecule has 0 saturated heterocycles. The summed E-state index contributed by atoms with van der Waals surface area (Å²) in [7, 11) is 0. The molecule has 0 atom stereocenters. The predicted molar refractivity (Wildman–Crippen MR) is 84.6 cm³/mol. The Morgan fingerprint density at radius 3 is 1.79 bits per heavy atom. The van der Waals surface area contributed by atoms with Gasteiger partial charge in [-0.15, -0.1) is 0 Å². The molecule has 2 nitrogen and oxygen atoms in total. The number of carbonyl (C=O) groups is 1. The van der Waals surface area contributed by atoms with Gasteiger partial charge >= 0.3 is 0 Å². The molecule has 0 heterocycles. The molecule has 0 fully saturated rings. The van der Waals surface area contributed by atoms with Crippen LogP contribution in [0, 0.1) is 0 Å². The van der Waals surface area contributed by atoms with Gasteiger partial charge in [0.1, 0.15) is 6.29 Å². The van der Waals surface area contributed by atoms with Gasteiger partial charge in [-0.25, -0.2) is 0 Å². The first-order chi connectivity index (χ1) is 9.12. The van der Waals surface area contributed by atoms with Gasteiger partial charge in [0.15, 0.2) is 0 Å². The van der Waals surface area contributed by atoms with Gasteiger partial charge < -0.3 is 10.1 Å². The second-order valence-electron chi connectivity index (χ2n) is 6.36. The van der Waals surface area contributed by atoms with Crippen LogP contribution < -0.4 is 5.32 Å². The van der Waals surface area contributed by atoms with Crippen LogP contribution >= 0.6 is 0 Å². The van der Waals surface area contributed by atoms with Gasteiger partial charge in [-0.1, -0.05) is 64.7 Å². The van der Waals surface area contributed by atoms with Crippen molar-refractivity contribution < 1.29 is 4.79 Å². The van der Waals surface area contributed by atoms with Crippen LogP contribution in [0.3, 0.4) is 0 Å². The Bertz CT molecular complexity index is 201. The maximum Gasteiger partial charge on any atom is 0.121 e. The molecule has 0 radical (unpaired) electrons. The summed E-state index contributed by atoms with van der Waals surface area (Å²) in [5.74, 6) is 0. The van der Waals surface area contributed by atoms with Crippen LogP contribution in [0.5, 0.6) is 0 Å². The minimum Gasteiger partial charge on any atom is -0.311 e. The third-order valence-corrected chi connectivity index (χ3v) is 3.73. The Labute approximate surface area is 120 Å². The third-order valence-electron chi connectivity index (χ3n) is 3.73. The Morgan fingerprint density at radius 2 is 1.32 bits per heavy atom. The molecule has 0 unspecified atom stereocenters. The molecule has 114 valence electrons. The van der Waals surface area contributed by atoms with Gasteiger partial charge in [-0.2, -0.15) is 0 Å². The third kappa shape index (κ3) is 13.9. The minimum absolute atomic E-state index is 0.0268. The van der Waals surface area contributed by atoms with E-state index in [0.29, 0.717) is 6.42 Å². The molecule has 0 aliphatic heterocycles. The summed E-state index contributed by atoms with van der Waals surface area (Å²) >= 11 is 0. The van der Waals surface area contributed by atoms with Crippen LogP contribution in [0.15, 0.2) is 0 Å². The molecule has 0 spiro atoms. The van der Waals surface area contributed by atoms with Gasteiger partial charge in [0, 0.05) is 12.0 Å². The van der Waals surface area contributed by atoms with E-state index < -0.39 is 0 Å². The van der Waals surface area contributed by atoms with Gasteiger partial charge in [0.25, 0.3) is 0 Å².